The molecule has 2 N–H and O–H groups in total. The lowest BCUT2D eigenvalue weighted by molar-refractivity contribution is 0.0980. The molecular formula is C7H10N2OS. The fourth-order valence-corrected chi connectivity index (χ4v) is 1.29. The second-order valence-corrected chi connectivity index (χ2v) is 3.31. The number of hydrogen-bond acceptors (Lipinski definition) is 4. The molecular weight excluding hydrogens is 160 g/mol. The van der Waals surface area contributed by atoms with E-state index in [1.807, 2.05) is 6.92 Å². The van der Waals surface area contributed by atoms with Crippen LogP contribution in [0.3, 0.4) is 0 Å². The average Bonchev–Trinajstić information content (AvgIpc) is 2.35. The quantitative estimate of drug-likeness (QED) is 0.690. The Labute approximate surface area is 69.4 Å². The smallest absolute Gasteiger partial charge is 0.175 e. The van der Waals surface area contributed by atoms with E-state index in [4.69, 9.17) is 5.73 Å². The van der Waals surface area contributed by atoms with Crippen LogP contribution >= 0.6 is 11.5 Å². The molecule has 1 rings (SSSR count). The number of rotatable bonds is 3. The van der Waals surface area contributed by atoms with Gasteiger partial charge in [-0.1, -0.05) is 0 Å². The summed E-state index contributed by atoms with van der Waals surface area (Å²) in [6, 6.07) is 1.65. The van der Waals surface area contributed by atoms with Crippen molar-refractivity contribution in [2.45, 2.75) is 19.4 Å². The third-order valence-electron chi connectivity index (χ3n) is 1.22. The Balaban J connectivity index is 2.57. The van der Waals surface area contributed by atoms with Crippen LogP contribution in [0.25, 0.3) is 0 Å². The van der Waals surface area contributed by atoms with Crippen molar-refractivity contribution in [2.75, 3.05) is 0 Å². The summed E-state index contributed by atoms with van der Waals surface area (Å²) < 4.78 is 3.83. The summed E-state index contributed by atoms with van der Waals surface area (Å²) >= 11 is 1.22. The minimum atomic E-state index is -0.0652. The van der Waals surface area contributed by atoms with Crippen molar-refractivity contribution < 1.29 is 4.79 Å². The van der Waals surface area contributed by atoms with Crippen molar-refractivity contribution in [1.29, 1.82) is 0 Å². The second-order valence-electron chi connectivity index (χ2n) is 2.48. The zero-order valence-corrected chi connectivity index (χ0v) is 7.10. The number of Topliss-reactive ketones (excluding diaryl/α,β-unsaturated/α-hetero) is 1. The fraction of sp³-hybridized carbons (Fsp3) is 0.429. The number of hydrogen-bond donors (Lipinski definition) is 1. The van der Waals surface area contributed by atoms with E-state index >= 15 is 0 Å². The van der Waals surface area contributed by atoms with Crippen molar-refractivity contribution in [3.63, 3.8) is 0 Å². The van der Waals surface area contributed by atoms with Crippen LogP contribution in [-0.4, -0.2) is 16.2 Å². The van der Waals surface area contributed by atoms with E-state index < -0.39 is 0 Å². The summed E-state index contributed by atoms with van der Waals surface area (Å²) in [4.78, 5) is 11.9. The van der Waals surface area contributed by atoms with Gasteiger partial charge in [0.15, 0.2) is 5.78 Å². The van der Waals surface area contributed by atoms with E-state index in [1.165, 1.54) is 11.5 Å². The Bertz CT molecular complexity index is 231. The highest BCUT2D eigenvalue weighted by Gasteiger charge is 2.08. The van der Waals surface area contributed by atoms with Gasteiger partial charge in [-0.15, -0.1) is 0 Å². The van der Waals surface area contributed by atoms with Gasteiger partial charge in [-0.05, 0) is 24.5 Å². The molecule has 0 fully saturated rings. The third-order valence-corrected chi connectivity index (χ3v) is 2.01. The van der Waals surface area contributed by atoms with Crippen LogP contribution in [0.5, 0.6) is 0 Å². The van der Waals surface area contributed by atoms with Crippen LogP contribution < -0.4 is 5.73 Å². The number of carbonyl (C=O) groups excluding carboxylic acids is 1. The normalized spacial score (nSPS) is 12.9. The van der Waals surface area contributed by atoms with Gasteiger partial charge < -0.3 is 5.73 Å². The lowest BCUT2D eigenvalue weighted by Gasteiger charge is -1.99. The van der Waals surface area contributed by atoms with Crippen molar-refractivity contribution in [1.82, 2.24) is 4.37 Å². The lowest BCUT2D eigenvalue weighted by Crippen LogP contribution is -2.19. The third kappa shape index (κ3) is 2.40. The molecule has 1 aromatic heterocycles. The predicted octanol–water partition coefficient (Wildman–Crippen LogP) is 1.06. The van der Waals surface area contributed by atoms with E-state index in [1.54, 1.807) is 12.3 Å². The first kappa shape index (κ1) is 8.36. The molecule has 1 unspecified atom stereocenters. The van der Waals surface area contributed by atoms with Gasteiger partial charge in [0, 0.05) is 18.7 Å². The zero-order valence-electron chi connectivity index (χ0n) is 6.28. The molecule has 0 aliphatic heterocycles. The molecule has 11 heavy (non-hydrogen) atoms. The molecule has 3 nitrogen and oxygen atoms in total. The van der Waals surface area contributed by atoms with E-state index in [2.05, 4.69) is 4.37 Å². The molecule has 0 saturated heterocycles. The first-order valence-corrected chi connectivity index (χ1v) is 4.17. The molecule has 0 bridgehead atoms. The molecule has 1 atom stereocenters. The van der Waals surface area contributed by atoms with Gasteiger partial charge in [0.25, 0.3) is 0 Å². The first-order chi connectivity index (χ1) is 5.20. The topological polar surface area (TPSA) is 56.0 Å². The first-order valence-electron chi connectivity index (χ1n) is 3.39. The number of carbonyl (C=O) groups is 1. The summed E-state index contributed by atoms with van der Waals surface area (Å²) in [7, 11) is 0. The Morgan fingerprint density at radius 2 is 2.64 bits per heavy atom. The highest BCUT2D eigenvalue weighted by molar-refractivity contribution is 7.08. The standard InChI is InChI=1S/C7H10N2OS/c1-5(8)4-6(10)7-2-3-9-11-7/h2-3,5H,4,8H2,1H3. The molecule has 4 heteroatoms. The van der Waals surface area contributed by atoms with E-state index in [0.717, 1.165) is 0 Å². The molecule has 1 heterocycles. The molecule has 0 radical (unpaired) electrons. The minimum Gasteiger partial charge on any atom is -0.328 e. The lowest BCUT2D eigenvalue weighted by atomic mass is 10.1. The monoisotopic (exact) mass is 170 g/mol. The van der Waals surface area contributed by atoms with Crippen molar-refractivity contribution in [3.8, 4) is 0 Å². The Kier molecular flexibility index (Phi) is 2.73. The summed E-state index contributed by atoms with van der Waals surface area (Å²) in [6.07, 6.45) is 2.03. The van der Waals surface area contributed by atoms with E-state index in [9.17, 15) is 4.79 Å². The maximum atomic E-state index is 11.2. The molecule has 0 aliphatic carbocycles. The molecule has 0 amide bonds. The number of nitrogens with zero attached hydrogens (tertiary/aromatic N) is 1. The molecule has 0 spiro atoms. The van der Waals surface area contributed by atoms with Gasteiger partial charge in [-0.3, -0.25) is 4.79 Å². The second kappa shape index (κ2) is 3.59. The number of nitrogens with two attached hydrogens (primary N) is 1. The van der Waals surface area contributed by atoms with Crippen LogP contribution in [0.15, 0.2) is 12.3 Å². The molecule has 60 valence electrons. The Morgan fingerprint density at radius 3 is 3.09 bits per heavy atom. The largest absolute Gasteiger partial charge is 0.328 e. The SMILES string of the molecule is CC(N)CC(=O)c1ccns1. The van der Waals surface area contributed by atoms with Crippen LogP contribution in [0.4, 0.5) is 0 Å². The number of ketones is 1. The summed E-state index contributed by atoms with van der Waals surface area (Å²) in [6.45, 7) is 1.82. The Hall–Kier alpha value is -0.740. The van der Waals surface area contributed by atoms with Crippen LogP contribution in [0.2, 0.25) is 0 Å². The van der Waals surface area contributed by atoms with E-state index in [0.29, 0.717) is 11.3 Å². The molecule has 0 aromatic carbocycles. The molecule has 0 aliphatic rings. The van der Waals surface area contributed by atoms with Crippen LogP contribution in [0, 0.1) is 0 Å². The van der Waals surface area contributed by atoms with Gasteiger partial charge >= 0.3 is 0 Å². The maximum Gasteiger partial charge on any atom is 0.175 e. The van der Waals surface area contributed by atoms with Gasteiger partial charge in [-0.25, -0.2) is 4.37 Å². The summed E-state index contributed by atoms with van der Waals surface area (Å²) in [5.41, 5.74) is 5.46. The van der Waals surface area contributed by atoms with Crippen LogP contribution in [-0.2, 0) is 0 Å². The Morgan fingerprint density at radius 1 is 1.91 bits per heavy atom. The van der Waals surface area contributed by atoms with Crippen LogP contribution in [0.1, 0.15) is 23.0 Å². The average molecular weight is 170 g/mol. The van der Waals surface area contributed by atoms with Crippen molar-refractivity contribution >= 4 is 17.3 Å². The van der Waals surface area contributed by atoms with E-state index in [-0.39, 0.29) is 11.8 Å². The maximum absolute atomic E-state index is 11.2. The highest BCUT2D eigenvalue weighted by Crippen LogP contribution is 2.08. The number of aromatic nitrogens is 1. The van der Waals surface area contributed by atoms with Gasteiger partial charge in [0.1, 0.15) is 0 Å². The predicted molar refractivity (Wildman–Crippen MR) is 44.7 cm³/mol. The van der Waals surface area contributed by atoms with Gasteiger partial charge in [-0.2, -0.15) is 0 Å². The summed E-state index contributed by atoms with van der Waals surface area (Å²) in [5, 5.41) is 0. The van der Waals surface area contributed by atoms with Gasteiger partial charge in [0.05, 0.1) is 4.88 Å². The highest BCUT2D eigenvalue weighted by atomic mass is 32.1. The zero-order chi connectivity index (χ0) is 8.27. The fourth-order valence-electron chi connectivity index (χ4n) is 0.753. The van der Waals surface area contributed by atoms with Gasteiger partial charge in [0.2, 0.25) is 0 Å². The summed E-state index contributed by atoms with van der Waals surface area (Å²) in [5.74, 6) is 0.0856. The molecule has 1 aromatic rings. The minimum absolute atomic E-state index is 0.0652. The molecule has 0 saturated carbocycles. The van der Waals surface area contributed by atoms with Crippen molar-refractivity contribution in [2.24, 2.45) is 5.73 Å². The van der Waals surface area contributed by atoms with Crippen molar-refractivity contribution in [3.05, 3.63) is 17.1 Å².